The maximum Gasteiger partial charge on any atom is 0.416 e. The van der Waals surface area contributed by atoms with Crippen molar-refractivity contribution < 1.29 is 32.6 Å². The van der Waals surface area contributed by atoms with Crippen molar-refractivity contribution in [1.82, 2.24) is 0 Å². The van der Waals surface area contributed by atoms with E-state index in [4.69, 9.17) is 0 Å². The summed E-state index contributed by atoms with van der Waals surface area (Å²) in [5.74, 6) is -2.12. The van der Waals surface area contributed by atoms with Crippen LogP contribution in [0, 0.1) is 20.2 Å². The molecule has 0 radical (unpaired) electrons. The molecular weight excluding hydrogens is 423 g/mol. The summed E-state index contributed by atoms with van der Waals surface area (Å²) < 4.78 is 39.2. The molecule has 0 unspecified atom stereocenters. The molecule has 156 valence electrons. The Kier molecular flexibility index (Phi) is 4.24. The van der Waals surface area contributed by atoms with E-state index >= 15 is 0 Å². The molecule has 1 heterocycles. The Bertz CT molecular complexity index is 1270. The molecule has 9 nitrogen and oxygen atoms in total. The molecule has 0 saturated heterocycles. The number of halogens is 3. The number of non-ortho nitro benzene ring substituents is 2. The summed E-state index contributed by atoms with van der Waals surface area (Å²) in [6, 6.07) is 7.34. The molecule has 3 aromatic rings. The van der Waals surface area contributed by atoms with Gasteiger partial charge in [-0.25, -0.2) is 4.90 Å². The van der Waals surface area contributed by atoms with Gasteiger partial charge in [0.25, 0.3) is 23.2 Å². The fourth-order valence-electron chi connectivity index (χ4n) is 3.51. The number of anilines is 1. The molecule has 1 aliphatic heterocycles. The number of alkyl halides is 3. The van der Waals surface area contributed by atoms with E-state index in [1.807, 2.05) is 0 Å². The van der Waals surface area contributed by atoms with E-state index in [2.05, 4.69) is 0 Å². The quantitative estimate of drug-likeness (QED) is 0.342. The second-order valence-corrected chi connectivity index (χ2v) is 6.52. The Labute approximate surface area is 169 Å². The topological polar surface area (TPSA) is 124 Å². The Morgan fingerprint density at radius 1 is 0.774 bits per heavy atom. The number of nitro benzene ring substituents is 2. The zero-order valence-corrected chi connectivity index (χ0v) is 15.0. The van der Waals surface area contributed by atoms with Crippen LogP contribution in [-0.4, -0.2) is 21.7 Å². The number of hydrogen-bond acceptors (Lipinski definition) is 6. The number of carbonyl (C=O) groups excluding carboxylic acids is 2. The molecule has 0 spiro atoms. The molecule has 0 bridgehead atoms. The standard InChI is InChI=1S/C19H8F3N3O6/c20-19(21,22)9-2-1-3-10(8-9)23-17(26)11-4-6-13(24(28)29)16-14(25(30)31)7-5-12(15(11)16)18(23)27/h1-8H. The largest absolute Gasteiger partial charge is 0.416 e. The first-order chi connectivity index (χ1) is 14.5. The van der Waals surface area contributed by atoms with Gasteiger partial charge in [-0.2, -0.15) is 13.2 Å². The van der Waals surface area contributed by atoms with Gasteiger partial charge in [-0.1, -0.05) is 6.07 Å². The highest BCUT2D eigenvalue weighted by molar-refractivity contribution is 6.37. The van der Waals surface area contributed by atoms with Crippen molar-refractivity contribution in [2.45, 2.75) is 6.18 Å². The lowest BCUT2D eigenvalue weighted by Crippen LogP contribution is -2.40. The van der Waals surface area contributed by atoms with E-state index in [9.17, 15) is 43.0 Å². The summed E-state index contributed by atoms with van der Waals surface area (Å²) in [4.78, 5) is 47.6. The van der Waals surface area contributed by atoms with Crippen LogP contribution < -0.4 is 4.90 Å². The SMILES string of the molecule is O=C1c2ccc([N+](=O)[O-])c3c([N+](=O)[O-])ccc(c23)C(=O)N1c1cccc(C(F)(F)F)c1. The Balaban J connectivity index is 2.00. The molecule has 0 saturated carbocycles. The van der Waals surface area contributed by atoms with E-state index < -0.39 is 50.2 Å². The Hall–Kier alpha value is -4.35. The first kappa shape index (κ1) is 19.9. The van der Waals surface area contributed by atoms with Crippen LogP contribution in [-0.2, 0) is 6.18 Å². The number of nitrogens with zero attached hydrogens (tertiary/aromatic N) is 3. The van der Waals surface area contributed by atoms with Gasteiger partial charge in [0, 0.05) is 28.6 Å². The third-order valence-corrected chi connectivity index (χ3v) is 4.81. The zero-order valence-electron chi connectivity index (χ0n) is 15.0. The van der Waals surface area contributed by atoms with E-state index in [0.717, 1.165) is 42.5 Å². The van der Waals surface area contributed by atoms with Crippen molar-refractivity contribution in [3.63, 3.8) is 0 Å². The number of carbonyl (C=O) groups is 2. The predicted molar refractivity (Wildman–Crippen MR) is 99.8 cm³/mol. The number of benzene rings is 3. The molecule has 0 aliphatic carbocycles. The Morgan fingerprint density at radius 2 is 1.29 bits per heavy atom. The van der Waals surface area contributed by atoms with Crippen molar-refractivity contribution in [3.05, 3.63) is 85.4 Å². The van der Waals surface area contributed by atoms with Crippen LogP contribution in [0.1, 0.15) is 26.3 Å². The van der Waals surface area contributed by atoms with Crippen molar-refractivity contribution in [2.24, 2.45) is 0 Å². The van der Waals surface area contributed by atoms with Gasteiger partial charge in [0.05, 0.1) is 21.1 Å². The molecule has 4 rings (SSSR count). The first-order valence-electron chi connectivity index (χ1n) is 8.47. The fraction of sp³-hybridized carbons (Fsp3) is 0.0526. The number of hydrogen-bond donors (Lipinski definition) is 0. The highest BCUT2D eigenvalue weighted by atomic mass is 19.4. The summed E-state index contributed by atoms with van der Waals surface area (Å²) >= 11 is 0. The van der Waals surface area contributed by atoms with Gasteiger partial charge in [0.15, 0.2) is 0 Å². The summed E-state index contributed by atoms with van der Waals surface area (Å²) in [6.07, 6.45) is -4.73. The van der Waals surface area contributed by atoms with E-state index in [-0.39, 0.29) is 22.2 Å². The van der Waals surface area contributed by atoms with Crippen LogP contribution in [0.3, 0.4) is 0 Å². The summed E-state index contributed by atoms with van der Waals surface area (Å²) in [7, 11) is 0. The third kappa shape index (κ3) is 2.96. The number of imide groups is 1. The van der Waals surface area contributed by atoms with Crippen LogP contribution in [0.4, 0.5) is 30.2 Å². The lowest BCUT2D eigenvalue weighted by Gasteiger charge is -2.27. The van der Waals surface area contributed by atoms with Crippen LogP contribution in [0.5, 0.6) is 0 Å². The third-order valence-electron chi connectivity index (χ3n) is 4.81. The number of rotatable bonds is 3. The predicted octanol–water partition coefficient (Wildman–Crippen LogP) is 4.48. The lowest BCUT2D eigenvalue weighted by atomic mass is 9.91. The lowest BCUT2D eigenvalue weighted by molar-refractivity contribution is -0.390. The first-order valence-corrected chi connectivity index (χ1v) is 8.47. The molecule has 3 aromatic carbocycles. The van der Waals surface area contributed by atoms with Gasteiger partial charge in [0.2, 0.25) is 0 Å². The van der Waals surface area contributed by atoms with Gasteiger partial charge >= 0.3 is 6.18 Å². The van der Waals surface area contributed by atoms with Crippen LogP contribution in [0.2, 0.25) is 0 Å². The summed E-state index contributed by atoms with van der Waals surface area (Å²) in [5.41, 5.74) is -3.37. The van der Waals surface area contributed by atoms with Crippen LogP contribution in [0.15, 0.2) is 48.5 Å². The van der Waals surface area contributed by atoms with E-state index in [1.54, 1.807) is 0 Å². The molecule has 2 amide bonds. The second-order valence-electron chi connectivity index (χ2n) is 6.52. The van der Waals surface area contributed by atoms with Crippen molar-refractivity contribution in [2.75, 3.05) is 4.90 Å². The van der Waals surface area contributed by atoms with Crippen LogP contribution in [0.25, 0.3) is 10.8 Å². The highest BCUT2D eigenvalue weighted by Gasteiger charge is 2.39. The number of amides is 2. The molecule has 0 fully saturated rings. The highest BCUT2D eigenvalue weighted by Crippen LogP contribution is 2.42. The molecule has 12 heteroatoms. The van der Waals surface area contributed by atoms with Crippen molar-refractivity contribution in [1.29, 1.82) is 0 Å². The van der Waals surface area contributed by atoms with Gasteiger partial charge in [-0.3, -0.25) is 29.8 Å². The number of nitro groups is 2. The normalized spacial score (nSPS) is 13.6. The fourth-order valence-corrected chi connectivity index (χ4v) is 3.51. The van der Waals surface area contributed by atoms with Crippen molar-refractivity contribution >= 4 is 39.6 Å². The minimum atomic E-state index is -4.73. The summed E-state index contributed by atoms with van der Waals surface area (Å²) in [5, 5.41) is 22.0. The second kappa shape index (κ2) is 6.58. The van der Waals surface area contributed by atoms with Gasteiger partial charge in [-0.15, -0.1) is 0 Å². The maximum absolute atomic E-state index is 13.1. The van der Waals surface area contributed by atoms with Gasteiger partial charge < -0.3 is 0 Å². The maximum atomic E-state index is 13.1. The molecular formula is C19H8F3N3O6. The van der Waals surface area contributed by atoms with Crippen molar-refractivity contribution in [3.8, 4) is 0 Å². The average molecular weight is 431 g/mol. The Morgan fingerprint density at radius 3 is 1.74 bits per heavy atom. The molecule has 0 N–H and O–H groups in total. The molecule has 31 heavy (non-hydrogen) atoms. The minimum Gasteiger partial charge on any atom is -0.268 e. The average Bonchev–Trinajstić information content (AvgIpc) is 2.70. The smallest absolute Gasteiger partial charge is 0.268 e. The monoisotopic (exact) mass is 431 g/mol. The molecule has 0 aromatic heterocycles. The molecule has 1 aliphatic rings. The van der Waals surface area contributed by atoms with E-state index in [0.29, 0.717) is 11.0 Å². The van der Waals surface area contributed by atoms with Gasteiger partial charge in [0.1, 0.15) is 5.39 Å². The molecule has 0 atom stereocenters. The van der Waals surface area contributed by atoms with Crippen LogP contribution >= 0.6 is 0 Å². The summed E-state index contributed by atoms with van der Waals surface area (Å²) in [6.45, 7) is 0. The van der Waals surface area contributed by atoms with E-state index in [1.165, 1.54) is 0 Å². The minimum absolute atomic E-state index is 0.281. The zero-order chi connectivity index (χ0) is 22.7. The van der Waals surface area contributed by atoms with Gasteiger partial charge in [-0.05, 0) is 30.3 Å².